The summed E-state index contributed by atoms with van der Waals surface area (Å²) in [6.45, 7) is 2.94. The molecule has 0 radical (unpaired) electrons. The van der Waals surface area contributed by atoms with E-state index in [-0.39, 0.29) is 0 Å². The zero-order valence-corrected chi connectivity index (χ0v) is 22.7. The third-order valence-corrected chi connectivity index (χ3v) is 7.04. The Balaban J connectivity index is 1.97. The molecule has 3 aliphatic heterocycles. The van der Waals surface area contributed by atoms with Crippen LogP contribution in [0.15, 0.2) is 0 Å². The van der Waals surface area contributed by atoms with Crippen molar-refractivity contribution in [2.24, 2.45) is 0 Å². The molecule has 0 aromatic rings. The van der Waals surface area contributed by atoms with Crippen LogP contribution in [-0.2, 0) is 42.8 Å². The molecule has 18 heteroatoms. The Hall–Kier alpha value is -2.07. The third-order valence-electron chi connectivity index (χ3n) is 7.04. The number of aliphatic hydroxyl groups excluding tert-OH is 6. The summed E-state index contributed by atoms with van der Waals surface area (Å²) in [6.07, 6.45) is -20.7. The van der Waals surface area contributed by atoms with Crippen LogP contribution in [0.5, 0.6) is 0 Å². The number of rotatable bonds is 9. The second-order valence-corrected chi connectivity index (χ2v) is 10.0. The summed E-state index contributed by atoms with van der Waals surface area (Å²) in [5.41, 5.74) is 0. The minimum absolute atomic E-state index is 0.634. The van der Waals surface area contributed by atoms with Crippen LogP contribution in [0.25, 0.3) is 0 Å². The maximum atomic E-state index is 11.8. The summed E-state index contributed by atoms with van der Waals surface area (Å²) in [5.74, 6) is -2.97. The number of hydrogen-bond acceptors (Lipinski definition) is 15. The first-order valence-electron chi connectivity index (χ1n) is 12.8. The lowest BCUT2D eigenvalue weighted by atomic mass is 9.94. The van der Waals surface area contributed by atoms with E-state index in [1.165, 1.54) is 14.0 Å². The van der Waals surface area contributed by atoms with Gasteiger partial charge in [0, 0.05) is 21.0 Å². The Kier molecular flexibility index (Phi) is 11.4. The molecule has 0 aliphatic carbocycles. The summed E-state index contributed by atoms with van der Waals surface area (Å²) < 4.78 is 33.9. The van der Waals surface area contributed by atoms with Crippen LogP contribution in [0.3, 0.4) is 0 Å². The Bertz CT molecular complexity index is 926. The van der Waals surface area contributed by atoms with Crippen LogP contribution in [0.2, 0.25) is 0 Å². The fraction of sp³-hybridized carbons (Fsp3) is 0.870. The first-order chi connectivity index (χ1) is 19.2. The summed E-state index contributed by atoms with van der Waals surface area (Å²) >= 11 is 0. The van der Waals surface area contributed by atoms with Gasteiger partial charge in [-0.3, -0.25) is 9.59 Å². The SMILES string of the molecule is CO[C@@H]1O[C@@H](C)[C@H](O)[C@@H](O[C@@H]2O[C@H](CO)[C@@H](O)[C@H](O)[C@H]2NC(C)=O)[C@H]1O[C@H]1O[C@H](C(=O)O)[C@H](O)[C@H](O)[C@H]1NC(C)=O. The van der Waals surface area contributed by atoms with E-state index >= 15 is 0 Å². The lowest BCUT2D eigenvalue weighted by Crippen LogP contribution is -2.69. The smallest absolute Gasteiger partial charge is 0.335 e. The lowest BCUT2D eigenvalue weighted by Gasteiger charge is -2.49. The fourth-order valence-corrected chi connectivity index (χ4v) is 4.94. The number of ether oxygens (including phenoxy) is 6. The molecule has 0 bridgehead atoms. The van der Waals surface area contributed by atoms with Crippen molar-refractivity contribution < 1.29 is 78.6 Å². The average Bonchev–Trinajstić information content (AvgIpc) is 2.90. The van der Waals surface area contributed by atoms with Crippen molar-refractivity contribution in [2.45, 2.75) is 113 Å². The van der Waals surface area contributed by atoms with E-state index in [0.29, 0.717) is 0 Å². The van der Waals surface area contributed by atoms with Gasteiger partial charge in [0.25, 0.3) is 0 Å². The van der Waals surface area contributed by atoms with Gasteiger partial charge >= 0.3 is 5.97 Å². The highest BCUT2D eigenvalue weighted by molar-refractivity contribution is 5.75. The van der Waals surface area contributed by atoms with Crippen molar-refractivity contribution in [3.05, 3.63) is 0 Å². The van der Waals surface area contributed by atoms with Gasteiger partial charge in [-0.1, -0.05) is 0 Å². The number of nitrogens with one attached hydrogen (secondary N) is 2. The van der Waals surface area contributed by atoms with Crippen molar-refractivity contribution in [1.29, 1.82) is 0 Å². The van der Waals surface area contributed by atoms with E-state index < -0.39 is 116 Å². The highest BCUT2D eigenvalue weighted by Gasteiger charge is 2.55. The molecule has 3 rings (SSSR count). The van der Waals surface area contributed by atoms with E-state index in [1.54, 1.807) is 0 Å². The fourth-order valence-electron chi connectivity index (χ4n) is 4.94. The summed E-state index contributed by atoms with van der Waals surface area (Å²) in [4.78, 5) is 35.4. The van der Waals surface area contributed by atoms with E-state index in [1.807, 2.05) is 0 Å². The Labute approximate surface area is 234 Å². The molecule has 0 saturated carbocycles. The standard InChI is InChI=1S/C23H38N2O16/c1-6-12(29)17(39-21-10(24-7(2)27)14(31)13(30)9(5-26)38-21)19(23(36-4)37-6)41-22-11(25-8(3)28)15(32)16(33)18(40-22)20(34)35/h6,9-19,21-23,26,29-33H,5H2,1-4H3,(H,24,27)(H,25,28)(H,34,35)/t6-,9+,10+,11+,12-,13+,14+,15+,16+,17+,18-,19+,21-,22+,23+/m0/s1. The number of amides is 2. The zero-order chi connectivity index (χ0) is 30.8. The predicted octanol–water partition coefficient (Wildman–Crippen LogP) is -5.51. The molecule has 236 valence electrons. The number of methoxy groups -OCH3 is 1. The minimum Gasteiger partial charge on any atom is -0.479 e. The number of aliphatic hydroxyl groups is 6. The maximum absolute atomic E-state index is 11.8. The number of carboxylic acids is 1. The Morgan fingerprint density at radius 1 is 0.732 bits per heavy atom. The van der Waals surface area contributed by atoms with Gasteiger partial charge < -0.3 is 74.8 Å². The van der Waals surface area contributed by atoms with Crippen molar-refractivity contribution >= 4 is 17.8 Å². The molecule has 41 heavy (non-hydrogen) atoms. The number of hydrogen-bond donors (Lipinski definition) is 9. The predicted molar refractivity (Wildman–Crippen MR) is 128 cm³/mol. The molecule has 18 nitrogen and oxygen atoms in total. The van der Waals surface area contributed by atoms with Crippen LogP contribution in [0, 0.1) is 0 Å². The number of carboxylic acid groups (broad SMARTS) is 1. The van der Waals surface area contributed by atoms with Gasteiger partial charge in [-0.25, -0.2) is 4.79 Å². The van der Waals surface area contributed by atoms with Gasteiger partial charge in [-0.05, 0) is 6.92 Å². The summed E-state index contributed by atoms with van der Waals surface area (Å²) in [6, 6.07) is -2.91. The van der Waals surface area contributed by atoms with Crippen LogP contribution in [0.1, 0.15) is 20.8 Å². The molecule has 3 aliphatic rings. The molecule has 9 N–H and O–H groups in total. The normalized spacial score (nSPS) is 45.1. The topological polar surface area (TPSA) is 272 Å². The first kappa shape index (κ1) is 33.4. The van der Waals surface area contributed by atoms with Gasteiger partial charge in [0.15, 0.2) is 25.0 Å². The van der Waals surface area contributed by atoms with E-state index in [2.05, 4.69) is 10.6 Å². The molecule has 0 aromatic heterocycles. The van der Waals surface area contributed by atoms with Crippen LogP contribution in [0.4, 0.5) is 0 Å². The third kappa shape index (κ3) is 7.29. The summed E-state index contributed by atoms with van der Waals surface area (Å²) in [7, 11) is 1.22. The quantitative estimate of drug-likeness (QED) is 0.120. The molecule has 3 fully saturated rings. The highest BCUT2D eigenvalue weighted by atomic mass is 16.8. The second-order valence-electron chi connectivity index (χ2n) is 10.0. The van der Waals surface area contributed by atoms with E-state index in [0.717, 1.165) is 13.8 Å². The largest absolute Gasteiger partial charge is 0.479 e. The lowest BCUT2D eigenvalue weighted by molar-refractivity contribution is -0.372. The first-order valence-corrected chi connectivity index (χ1v) is 12.8. The van der Waals surface area contributed by atoms with Gasteiger partial charge in [-0.15, -0.1) is 0 Å². The second kappa shape index (κ2) is 13.9. The summed E-state index contributed by atoms with van der Waals surface area (Å²) in [5, 5.41) is 76.7. The van der Waals surface area contributed by atoms with Gasteiger partial charge in [0.1, 0.15) is 60.9 Å². The van der Waals surface area contributed by atoms with Crippen LogP contribution in [-0.4, -0.2) is 159 Å². The monoisotopic (exact) mass is 598 g/mol. The van der Waals surface area contributed by atoms with Gasteiger partial charge in [-0.2, -0.15) is 0 Å². The average molecular weight is 599 g/mol. The molecule has 0 aromatic carbocycles. The maximum Gasteiger partial charge on any atom is 0.335 e. The molecule has 0 spiro atoms. The highest BCUT2D eigenvalue weighted by Crippen LogP contribution is 2.33. The van der Waals surface area contributed by atoms with Crippen molar-refractivity contribution in [1.82, 2.24) is 10.6 Å². The molecule has 0 unspecified atom stereocenters. The van der Waals surface area contributed by atoms with Crippen LogP contribution < -0.4 is 10.6 Å². The molecular formula is C23H38N2O16. The van der Waals surface area contributed by atoms with Gasteiger partial charge in [0.2, 0.25) is 11.8 Å². The molecule has 2 amide bonds. The Morgan fingerprint density at radius 2 is 1.24 bits per heavy atom. The molecule has 15 atom stereocenters. The van der Waals surface area contributed by atoms with Crippen molar-refractivity contribution in [3.8, 4) is 0 Å². The zero-order valence-electron chi connectivity index (χ0n) is 22.7. The molecule has 3 heterocycles. The number of carbonyl (C=O) groups is 3. The van der Waals surface area contributed by atoms with Crippen molar-refractivity contribution in [3.63, 3.8) is 0 Å². The van der Waals surface area contributed by atoms with Gasteiger partial charge in [0.05, 0.1) is 12.7 Å². The number of carbonyl (C=O) groups excluding carboxylic acids is 2. The minimum atomic E-state index is -1.98. The Morgan fingerprint density at radius 3 is 1.73 bits per heavy atom. The molecular weight excluding hydrogens is 560 g/mol. The van der Waals surface area contributed by atoms with E-state index in [4.69, 9.17) is 28.4 Å². The van der Waals surface area contributed by atoms with Crippen molar-refractivity contribution in [2.75, 3.05) is 13.7 Å². The molecule has 3 saturated heterocycles. The van der Waals surface area contributed by atoms with E-state index in [9.17, 15) is 50.1 Å². The van der Waals surface area contributed by atoms with Crippen LogP contribution >= 0.6 is 0 Å². The number of aliphatic carboxylic acids is 1.